The van der Waals surface area contributed by atoms with E-state index in [0.717, 1.165) is 88.9 Å². The van der Waals surface area contributed by atoms with Crippen molar-refractivity contribution in [3.63, 3.8) is 0 Å². The van der Waals surface area contributed by atoms with E-state index in [9.17, 15) is 0 Å². The molecule has 1 atom stereocenters. The lowest BCUT2D eigenvalue weighted by molar-refractivity contribution is 0.665. The first-order valence-electron chi connectivity index (χ1n) is 16.8. The molecule has 5 nitrogen and oxygen atoms in total. The molecule has 1 N–H and O–H groups in total. The predicted molar refractivity (Wildman–Crippen MR) is 204 cm³/mol. The average Bonchev–Trinajstić information content (AvgIpc) is 3.76. The van der Waals surface area contributed by atoms with Gasteiger partial charge in [0, 0.05) is 43.8 Å². The normalized spacial score (nSPS) is 14.6. The number of para-hydroxylation sites is 2. The zero-order chi connectivity index (χ0) is 33.0. The summed E-state index contributed by atoms with van der Waals surface area (Å²) in [6, 6.07) is 56.3. The largest absolute Gasteiger partial charge is 0.456 e. The SMILES string of the molecule is c1ccc(C2=NC(c3ccc4c(c3)oc3cc(-c5cccc6c5oc5ccccc56)ccc34)N=C(c3ccc(-c4ccccc4)cc3)N2)cc1. The number of fused-ring (bicyclic) bond motifs is 6. The summed E-state index contributed by atoms with van der Waals surface area (Å²) in [5.41, 5.74) is 10.8. The monoisotopic (exact) mass is 643 g/mol. The van der Waals surface area contributed by atoms with Gasteiger partial charge in [-0.15, -0.1) is 0 Å². The van der Waals surface area contributed by atoms with Crippen LogP contribution < -0.4 is 5.32 Å². The molecule has 0 amide bonds. The topological polar surface area (TPSA) is 63.0 Å². The third kappa shape index (κ3) is 4.79. The van der Waals surface area contributed by atoms with Gasteiger partial charge in [-0.05, 0) is 41.0 Å². The number of furan rings is 2. The third-order valence-corrected chi connectivity index (χ3v) is 9.56. The molecule has 0 spiro atoms. The Morgan fingerprint density at radius 1 is 0.400 bits per heavy atom. The van der Waals surface area contributed by atoms with Crippen LogP contribution in [0.2, 0.25) is 0 Å². The zero-order valence-electron chi connectivity index (χ0n) is 26.9. The third-order valence-electron chi connectivity index (χ3n) is 9.56. The van der Waals surface area contributed by atoms with E-state index < -0.39 is 6.17 Å². The molecule has 0 radical (unpaired) electrons. The van der Waals surface area contributed by atoms with Gasteiger partial charge >= 0.3 is 0 Å². The van der Waals surface area contributed by atoms with Crippen molar-refractivity contribution in [2.75, 3.05) is 0 Å². The highest BCUT2D eigenvalue weighted by Crippen LogP contribution is 2.39. The molecule has 7 aromatic carbocycles. The van der Waals surface area contributed by atoms with Crippen LogP contribution in [0.4, 0.5) is 0 Å². The van der Waals surface area contributed by atoms with Crippen LogP contribution in [0.5, 0.6) is 0 Å². The smallest absolute Gasteiger partial charge is 0.169 e. The summed E-state index contributed by atoms with van der Waals surface area (Å²) in [5, 5.41) is 7.86. The molecule has 1 aliphatic rings. The van der Waals surface area contributed by atoms with Gasteiger partial charge in [-0.25, -0.2) is 9.98 Å². The maximum Gasteiger partial charge on any atom is 0.169 e. The van der Waals surface area contributed by atoms with Crippen molar-refractivity contribution in [1.29, 1.82) is 0 Å². The maximum absolute atomic E-state index is 6.55. The molecule has 2 aromatic heterocycles. The summed E-state index contributed by atoms with van der Waals surface area (Å²) in [6.45, 7) is 0. The van der Waals surface area contributed by atoms with Gasteiger partial charge in [0.05, 0.1) is 0 Å². The van der Waals surface area contributed by atoms with Crippen LogP contribution in [0.3, 0.4) is 0 Å². The van der Waals surface area contributed by atoms with Gasteiger partial charge in [-0.3, -0.25) is 0 Å². The summed E-state index contributed by atoms with van der Waals surface area (Å²) >= 11 is 0. The molecular formula is C45H29N3O2. The fourth-order valence-electron chi connectivity index (χ4n) is 7.04. The van der Waals surface area contributed by atoms with Crippen LogP contribution in [-0.4, -0.2) is 11.7 Å². The van der Waals surface area contributed by atoms with Crippen molar-refractivity contribution in [3.8, 4) is 22.3 Å². The number of nitrogens with zero attached hydrogens (tertiary/aromatic N) is 2. The lowest BCUT2D eigenvalue weighted by atomic mass is 10.0. The number of amidine groups is 2. The number of rotatable bonds is 5. The standard InChI is InChI=1S/C45H29N3O2/c1-3-10-28(11-4-1)29-18-20-31(21-19-29)44-46-43(30-12-5-2-6-13-30)47-45(48-44)33-23-25-37-36-24-22-32(26-40(36)49-41(37)27-33)34-15-9-16-38-35-14-7-8-17-39(35)50-42(34)38/h1-27,45H,(H,46,47,48). The Labute approximate surface area is 287 Å². The van der Waals surface area contributed by atoms with Gasteiger partial charge < -0.3 is 14.2 Å². The van der Waals surface area contributed by atoms with Crippen LogP contribution in [0.15, 0.2) is 183 Å². The molecule has 3 heterocycles. The van der Waals surface area contributed by atoms with Crippen molar-refractivity contribution in [1.82, 2.24) is 5.32 Å². The first-order chi connectivity index (χ1) is 24.7. The number of hydrogen-bond acceptors (Lipinski definition) is 5. The van der Waals surface area contributed by atoms with Gasteiger partial charge in [-0.1, -0.05) is 140 Å². The second-order valence-corrected chi connectivity index (χ2v) is 12.6. The highest BCUT2D eigenvalue weighted by molar-refractivity contribution is 6.16. The number of nitrogens with one attached hydrogen (secondary N) is 1. The summed E-state index contributed by atoms with van der Waals surface area (Å²) in [4.78, 5) is 10.2. The van der Waals surface area contributed by atoms with Gasteiger partial charge in [-0.2, -0.15) is 0 Å². The molecule has 0 saturated heterocycles. The molecule has 0 aliphatic carbocycles. The molecule has 0 fully saturated rings. The van der Waals surface area contributed by atoms with E-state index in [4.69, 9.17) is 18.8 Å². The molecule has 0 saturated carbocycles. The summed E-state index contributed by atoms with van der Waals surface area (Å²) in [7, 11) is 0. The van der Waals surface area contributed by atoms with E-state index in [0.29, 0.717) is 0 Å². The Kier molecular flexibility index (Phi) is 6.49. The van der Waals surface area contributed by atoms with Crippen molar-refractivity contribution < 1.29 is 8.83 Å². The minimum atomic E-state index is -0.450. The first kappa shape index (κ1) is 28.3. The van der Waals surface area contributed by atoms with Gasteiger partial charge in [0.15, 0.2) is 6.17 Å². The highest BCUT2D eigenvalue weighted by Gasteiger charge is 2.22. The number of hydrogen-bond donors (Lipinski definition) is 1. The molecule has 1 unspecified atom stereocenters. The number of aliphatic imine (C=N–C) groups is 2. The molecule has 1 aliphatic heterocycles. The van der Waals surface area contributed by atoms with Gasteiger partial charge in [0.25, 0.3) is 0 Å². The first-order valence-corrected chi connectivity index (χ1v) is 16.8. The van der Waals surface area contributed by atoms with Crippen molar-refractivity contribution in [2.24, 2.45) is 9.98 Å². The molecule has 0 bridgehead atoms. The van der Waals surface area contributed by atoms with E-state index in [2.05, 4.69) is 127 Å². The highest BCUT2D eigenvalue weighted by atomic mass is 16.3. The van der Waals surface area contributed by atoms with Gasteiger partial charge in [0.2, 0.25) is 0 Å². The maximum atomic E-state index is 6.55. The molecule has 10 rings (SSSR count). The summed E-state index contributed by atoms with van der Waals surface area (Å²) in [6.07, 6.45) is -0.450. The van der Waals surface area contributed by atoms with Crippen LogP contribution in [0.25, 0.3) is 66.1 Å². The summed E-state index contributed by atoms with van der Waals surface area (Å²) < 4.78 is 12.9. The van der Waals surface area contributed by atoms with E-state index in [1.165, 1.54) is 5.56 Å². The van der Waals surface area contributed by atoms with Crippen LogP contribution in [0, 0.1) is 0 Å². The fraction of sp³-hybridized carbons (Fsp3) is 0.0222. The lowest BCUT2D eigenvalue weighted by Crippen LogP contribution is -2.36. The molecule has 9 aromatic rings. The Balaban J connectivity index is 1.04. The van der Waals surface area contributed by atoms with Crippen molar-refractivity contribution in [3.05, 3.63) is 180 Å². The Morgan fingerprint density at radius 3 is 1.74 bits per heavy atom. The second-order valence-electron chi connectivity index (χ2n) is 12.6. The Bertz CT molecular complexity index is 2770. The summed E-state index contributed by atoms with van der Waals surface area (Å²) in [5.74, 6) is 1.56. The minimum Gasteiger partial charge on any atom is -0.456 e. The zero-order valence-corrected chi connectivity index (χ0v) is 26.9. The lowest BCUT2D eigenvalue weighted by Gasteiger charge is -2.22. The van der Waals surface area contributed by atoms with E-state index in [1.807, 2.05) is 42.5 Å². The minimum absolute atomic E-state index is 0.450. The quantitative estimate of drug-likeness (QED) is 0.203. The fourth-order valence-corrected chi connectivity index (χ4v) is 7.04. The van der Waals surface area contributed by atoms with Crippen LogP contribution >= 0.6 is 0 Å². The van der Waals surface area contributed by atoms with Crippen LogP contribution in [-0.2, 0) is 0 Å². The van der Waals surface area contributed by atoms with E-state index >= 15 is 0 Å². The molecule has 5 heteroatoms. The molecule has 236 valence electrons. The van der Waals surface area contributed by atoms with Gasteiger partial charge in [0.1, 0.15) is 34.0 Å². The van der Waals surface area contributed by atoms with Crippen molar-refractivity contribution in [2.45, 2.75) is 6.17 Å². The second kappa shape index (κ2) is 11.5. The predicted octanol–water partition coefficient (Wildman–Crippen LogP) is 11.3. The van der Waals surface area contributed by atoms with Crippen LogP contribution in [0.1, 0.15) is 22.9 Å². The molecule has 50 heavy (non-hydrogen) atoms. The Hall–Kier alpha value is -6.72. The molecular weight excluding hydrogens is 615 g/mol. The Morgan fingerprint density at radius 2 is 0.960 bits per heavy atom. The average molecular weight is 644 g/mol. The number of benzene rings is 7. The van der Waals surface area contributed by atoms with E-state index in [1.54, 1.807) is 0 Å². The van der Waals surface area contributed by atoms with Crippen molar-refractivity contribution >= 4 is 55.5 Å². The van der Waals surface area contributed by atoms with E-state index in [-0.39, 0.29) is 0 Å².